The Morgan fingerprint density at radius 1 is 1.32 bits per heavy atom. The molecular weight excluding hydrogens is 419 g/mol. The van der Waals surface area contributed by atoms with E-state index in [1.54, 1.807) is 0 Å². The normalized spacial score (nSPS) is 26.1. The molecule has 28 heavy (non-hydrogen) atoms. The van der Waals surface area contributed by atoms with Gasteiger partial charge in [0.25, 0.3) is 0 Å². The summed E-state index contributed by atoms with van der Waals surface area (Å²) < 4.78 is 69.7. The molecule has 0 radical (unpaired) electrons. The number of nitrogens with zero attached hydrogens (tertiary/aromatic N) is 2. The van der Waals surface area contributed by atoms with Crippen LogP contribution in [0.15, 0.2) is 17.3 Å². The van der Waals surface area contributed by atoms with E-state index in [9.17, 15) is 21.6 Å². The van der Waals surface area contributed by atoms with Crippen LogP contribution in [0.1, 0.15) is 18.4 Å². The Morgan fingerprint density at radius 3 is 2.54 bits per heavy atom. The second kappa shape index (κ2) is 7.09. The maximum absolute atomic E-state index is 13.0. The van der Waals surface area contributed by atoms with Crippen LogP contribution in [0.5, 0.6) is 0 Å². The van der Waals surface area contributed by atoms with Crippen LogP contribution in [-0.2, 0) is 20.8 Å². The number of likely N-dealkylation sites (tertiary alicyclic amines) is 1. The molecule has 1 unspecified atom stereocenters. The summed E-state index contributed by atoms with van der Waals surface area (Å²) in [5.41, 5.74) is -1.50. The SMILES string of the molecule is O=S(=O)(c1ncc(C(F)(F)F)cc1Cl)C1NCC12CN(CC1CCOCC1)C2. The Morgan fingerprint density at radius 2 is 2.00 bits per heavy atom. The number of sulfone groups is 1. The summed E-state index contributed by atoms with van der Waals surface area (Å²) in [7, 11) is -3.99. The average Bonchev–Trinajstić information content (AvgIpc) is 2.56. The molecule has 3 saturated heterocycles. The lowest BCUT2D eigenvalue weighted by atomic mass is 9.73. The van der Waals surface area contributed by atoms with Crippen LogP contribution in [0.25, 0.3) is 0 Å². The summed E-state index contributed by atoms with van der Waals surface area (Å²) in [5.74, 6) is 0.556. The van der Waals surface area contributed by atoms with E-state index < -0.39 is 42.4 Å². The number of nitrogens with one attached hydrogen (secondary N) is 1. The van der Waals surface area contributed by atoms with E-state index in [0.717, 1.165) is 32.6 Å². The number of alkyl halides is 3. The van der Waals surface area contributed by atoms with Gasteiger partial charge in [0.15, 0.2) is 5.03 Å². The number of pyridine rings is 1. The van der Waals surface area contributed by atoms with Crippen molar-refractivity contribution in [2.75, 3.05) is 39.4 Å². The molecule has 0 aromatic carbocycles. The van der Waals surface area contributed by atoms with Gasteiger partial charge in [-0.3, -0.25) is 5.32 Å². The molecular formula is C17H21ClF3N3O3S. The Balaban J connectivity index is 1.45. The molecule has 0 aliphatic carbocycles. The van der Waals surface area contributed by atoms with E-state index in [0.29, 0.717) is 37.8 Å². The van der Waals surface area contributed by atoms with Crippen LogP contribution in [0, 0.1) is 11.3 Å². The van der Waals surface area contributed by atoms with Crippen LogP contribution >= 0.6 is 11.6 Å². The quantitative estimate of drug-likeness (QED) is 0.775. The van der Waals surface area contributed by atoms with Crippen molar-refractivity contribution in [1.82, 2.24) is 15.2 Å². The molecule has 4 heterocycles. The highest BCUT2D eigenvalue weighted by atomic mass is 35.5. The van der Waals surface area contributed by atoms with E-state index in [4.69, 9.17) is 16.3 Å². The van der Waals surface area contributed by atoms with E-state index in [1.807, 2.05) is 0 Å². The number of halogens is 4. The molecule has 3 aliphatic heterocycles. The zero-order valence-corrected chi connectivity index (χ0v) is 16.6. The third-order valence-corrected chi connectivity index (χ3v) is 8.40. The van der Waals surface area contributed by atoms with Crippen LogP contribution in [0.3, 0.4) is 0 Å². The van der Waals surface area contributed by atoms with Crippen molar-refractivity contribution < 1.29 is 26.3 Å². The number of hydrogen-bond acceptors (Lipinski definition) is 6. The molecule has 4 rings (SSSR count). The molecule has 3 fully saturated rings. The molecule has 0 saturated carbocycles. The van der Waals surface area contributed by atoms with Gasteiger partial charge in [0.05, 0.1) is 10.6 Å². The summed E-state index contributed by atoms with van der Waals surface area (Å²) in [6.07, 6.45) is -2.10. The fraction of sp³-hybridized carbons (Fsp3) is 0.706. The predicted molar refractivity (Wildman–Crippen MR) is 95.6 cm³/mol. The molecule has 1 atom stereocenters. The van der Waals surface area contributed by atoms with Crippen molar-refractivity contribution in [1.29, 1.82) is 0 Å². The Labute approximate surface area is 166 Å². The van der Waals surface area contributed by atoms with Gasteiger partial charge in [-0.05, 0) is 24.8 Å². The predicted octanol–water partition coefficient (Wildman–Crippen LogP) is 2.19. The van der Waals surface area contributed by atoms with Crippen LogP contribution in [0.4, 0.5) is 13.2 Å². The highest BCUT2D eigenvalue weighted by molar-refractivity contribution is 7.92. The fourth-order valence-electron chi connectivity index (χ4n) is 4.36. The minimum Gasteiger partial charge on any atom is -0.381 e. The van der Waals surface area contributed by atoms with Crippen LogP contribution in [0.2, 0.25) is 5.02 Å². The first-order chi connectivity index (χ1) is 13.1. The average molecular weight is 440 g/mol. The minimum absolute atomic E-state index is 0.433. The number of rotatable bonds is 4. The molecule has 6 nitrogen and oxygen atoms in total. The summed E-state index contributed by atoms with van der Waals surface area (Å²) in [5, 5.41) is 1.03. The molecule has 0 amide bonds. The molecule has 3 aliphatic rings. The van der Waals surface area contributed by atoms with Crippen molar-refractivity contribution in [3.05, 3.63) is 22.8 Å². The lowest BCUT2D eigenvalue weighted by molar-refractivity contribution is -0.137. The van der Waals surface area contributed by atoms with Crippen molar-refractivity contribution in [3.8, 4) is 0 Å². The lowest BCUT2D eigenvalue weighted by Crippen LogP contribution is -2.78. The Kier molecular flexibility index (Phi) is 5.15. The first-order valence-electron chi connectivity index (χ1n) is 9.12. The second-order valence-corrected chi connectivity index (χ2v) is 10.3. The number of hydrogen-bond donors (Lipinski definition) is 1. The standard InChI is InChI=1S/C17H21ClF3N3O3S/c18-13-5-12(17(19,20)21)6-22-14(13)28(25,26)15-16(8-23-15)9-24(10-16)7-11-1-3-27-4-2-11/h5-6,11,15,23H,1-4,7-10H2. The molecule has 1 aromatic rings. The first kappa shape index (κ1) is 20.3. The van der Waals surface area contributed by atoms with Gasteiger partial charge in [-0.15, -0.1) is 0 Å². The summed E-state index contributed by atoms with van der Waals surface area (Å²) in [6.45, 7) is 4.27. The molecule has 1 N–H and O–H groups in total. The van der Waals surface area contributed by atoms with Crippen molar-refractivity contribution >= 4 is 21.4 Å². The molecule has 1 spiro atoms. The minimum atomic E-state index is -4.63. The molecule has 0 bridgehead atoms. The zero-order chi connectivity index (χ0) is 20.2. The highest BCUT2D eigenvalue weighted by Crippen LogP contribution is 2.45. The van der Waals surface area contributed by atoms with Gasteiger partial charge in [-0.1, -0.05) is 11.6 Å². The summed E-state index contributed by atoms with van der Waals surface area (Å²) in [6, 6.07) is 0.616. The Hall–Kier alpha value is -0.940. The van der Waals surface area contributed by atoms with Gasteiger partial charge in [-0.25, -0.2) is 13.4 Å². The summed E-state index contributed by atoms with van der Waals surface area (Å²) >= 11 is 5.87. The zero-order valence-electron chi connectivity index (χ0n) is 15.0. The van der Waals surface area contributed by atoms with E-state index in [1.165, 1.54) is 0 Å². The van der Waals surface area contributed by atoms with Gasteiger partial charge in [0.2, 0.25) is 9.84 Å². The molecule has 11 heteroatoms. The second-order valence-electron chi connectivity index (χ2n) is 7.90. The lowest BCUT2D eigenvalue weighted by Gasteiger charge is -2.60. The number of ether oxygens (including phenoxy) is 1. The largest absolute Gasteiger partial charge is 0.417 e. The van der Waals surface area contributed by atoms with Crippen molar-refractivity contribution in [2.24, 2.45) is 11.3 Å². The van der Waals surface area contributed by atoms with Crippen LogP contribution in [-0.4, -0.2) is 63.1 Å². The molecule has 1 aromatic heterocycles. The topological polar surface area (TPSA) is 71.5 Å². The highest BCUT2D eigenvalue weighted by Gasteiger charge is 2.60. The van der Waals surface area contributed by atoms with Gasteiger partial charge in [0, 0.05) is 51.0 Å². The Bertz CT molecular complexity index is 853. The van der Waals surface area contributed by atoms with E-state index in [-0.39, 0.29) is 0 Å². The fourth-order valence-corrected chi connectivity index (χ4v) is 6.80. The maximum atomic E-state index is 13.0. The number of aromatic nitrogens is 1. The van der Waals surface area contributed by atoms with E-state index in [2.05, 4.69) is 15.2 Å². The third kappa shape index (κ3) is 3.54. The van der Waals surface area contributed by atoms with Gasteiger partial charge in [-0.2, -0.15) is 13.2 Å². The van der Waals surface area contributed by atoms with E-state index >= 15 is 0 Å². The van der Waals surface area contributed by atoms with Crippen LogP contribution < -0.4 is 5.32 Å². The maximum Gasteiger partial charge on any atom is 0.417 e. The molecule has 156 valence electrons. The van der Waals surface area contributed by atoms with Crippen molar-refractivity contribution in [2.45, 2.75) is 29.4 Å². The smallest absolute Gasteiger partial charge is 0.381 e. The van der Waals surface area contributed by atoms with Gasteiger partial charge >= 0.3 is 6.18 Å². The first-order valence-corrected chi connectivity index (χ1v) is 11.0. The monoisotopic (exact) mass is 439 g/mol. The van der Waals surface area contributed by atoms with Gasteiger partial charge < -0.3 is 9.64 Å². The third-order valence-electron chi connectivity index (χ3n) is 5.84. The van der Waals surface area contributed by atoms with Crippen molar-refractivity contribution in [3.63, 3.8) is 0 Å². The van der Waals surface area contributed by atoms with Gasteiger partial charge in [0.1, 0.15) is 5.37 Å². The summed E-state index contributed by atoms with van der Waals surface area (Å²) in [4.78, 5) is 5.79.